The highest BCUT2D eigenvalue weighted by molar-refractivity contribution is 9.10. The second kappa shape index (κ2) is 3.18. The molecule has 1 heterocycles. The van der Waals surface area contributed by atoms with Gasteiger partial charge in [0.05, 0.1) is 16.4 Å². The van der Waals surface area contributed by atoms with Crippen LogP contribution in [0.1, 0.15) is 18.4 Å². The molecule has 0 amide bonds. The van der Waals surface area contributed by atoms with E-state index >= 15 is 0 Å². The summed E-state index contributed by atoms with van der Waals surface area (Å²) in [6.07, 6.45) is 4.28. The van der Waals surface area contributed by atoms with Crippen molar-refractivity contribution in [2.45, 2.75) is 25.9 Å². The average Bonchev–Trinajstić information content (AvgIpc) is 2.90. The molecule has 3 nitrogen and oxygen atoms in total. The number of hydrogen-bond acceptors (Lipinski definition) is 3. The molecular weight excluding hydrogens is 232 g/mol. The number of hydrogen-bond donors (Lipinski definition) is 1. The van der Waals surface area contributed by atoms with Crippen molar-refractivity contribution in [1.29, 1.82) is 0 Å². The fourth-order valence-electron chi connectivity index (χ4n) is 0.995. The summed E-state index contributed by atoms with van der Waals surface area (Å²) in [6, 6.07) is 0. The number of aromatic nitrogens is 1. The van der Waals surface area contributed by atoms with Gasteiger partial charge in [-0.25, -0.2) is 4.98 Å². The minimum Gasteiger partial charge on any atom is -0.474 e. The average molecular weight is 243 g/mol. The number of nitrogens with two attached hydrogens (primary N) is 1. The molecule has 1 aliphatic carbocycles. The van der Waals surface area contributed by atoms with Crippen LogP contribution in [0.4, 0.5) is 5.69 Å². The quantitative estimate of drug-likeness (QED) is 0.866. The summed E-state index contributed by atoms with van der Waals surface area (Å²) in [6.45, 7) is 1.95. The maximum atomic E-state index is 5.69. The van der Waals surface area contributed by atoms with Gasteiger partial charge >= 0.3 is 0 Å². The third-order valence-electron chi connectivity index (χ3n) is 2.07. The van der Waals surface area contributed by atoms with Crippen LogP contribution in [0.15, 0.2) is 10.7 Å². The summed E-state index contributed by atoms with van der Waals surface area (Å²) in [5.74, 6) is 0.661. The van der Waals surface area contributed by atoms with Crippen LogP contribution in [-0.2, 0) is 0 Å². The molecule has 1 fully saturated rings. The molecule has 0 aromatic carbocycles. The van der Waals surface area contributed by atoms with E-state index in [-0.39, 0.29) is 0 Å². The first-order chi connectivity index (χ1) is 6.18. The molecule has 0 saturated heterocycles. The van der Waals surface area contributed by atoms with Gasteiger partial charge in [-0.05, 0) is 41.3 Å². The Morgan fingerprint density at radius 3 is 2.92 bits per heavy atom. The first-order valence-electron chi connectivity index (χ1n) is 4.25. The maximum Gasteiger partial charge on any atom is 0.228 e. The standard InChI is InChI=1S/C9H11BrN2O/c1-5-7(11)4-12-9(8(5)10)13-6-2-3-6/h4,6H,2-3,11H2,1H3. The highest BCUT2D eigenvalue weighted by atomic mass is 79.9. The van der Waals surface area contributed by atoms with Gasteiger partial charge in [-0.2, -0.15) is 0 Å². The SMILES string of the molecule is Cc1c(N)cnc(OC2CC2)c1Br. The van der Waals surface area contributed by atoms with Crippen molar-refractivity contribution >= 4 is 21.6 Å². The number of halogens is 1. The lowest BCUT2D eigenvalue weighted by Crippen LogP contribution is -2.01. The van der Waals surface area contributed by atoms with Crippen LogP contribution in [0, 0.1) is 6.92 Å². The van der Waals surface area contributed by atoms with Gasteiger partial charge < -0.3 is 10.5 Å². The highest BCUT2D eigenvalue weighted by Gasteiger charge is 2.25. The zero-order chi connectivity index (χ0) is 9.42. The molecule has 1 aromatic heterocycles. The van der Waals surface area contributed by atoms with Crippen LogP contribution in [0.2, 0.25) is 0 Å². The van der Waals surface area contributed by atoms with Gasteiger partial charge in [0.2, 0.25) is 5.88 Å². The highest BCUT2D eigenvalue weighted by Crippen LogP contribution is 2.33. The summed E-state index contributed by atoms with van der Waals surface area (Å²) < 4.78 is 6.45. The van der Waals surface area contributed by atoms with Gasteiger partial charge in [-0.15, -0.1) is 0 Å². The minimum atomic E-state index is 0.367. The molecule has 0 unspecified atom stereocenters. The molecule has 13 heavy (non-hydrogen) atoms. The van der Waals surface area contributed by atoms with Crippen molar-refractivity contribution < 1.29 is 4.74 Å². The largest absolute Gasteiger partial charge is 0.474 e. The number of nitrogens with zero attached hydrogens (tertiary/aromatic N) is 1. The van der Waals surface area contributed by atoms with Crippen LogP contribution in [-0.4, -0.2) is 11.1 Å². The van der Waals surface area contributed by atoms with Crippen LogP contribution in [0.25, 0.3) is 0 Å². The Bertz CT molecular complexity index is 337. The molecule has 1 aliphatic rings. The Kier molecular flexibility index (Phi) is 2.15. The summed E-state index contributed by atoms with van der Waals surface area (Å²) >= 11 is 3.42. The van der Waals surface area contributed by atoms with E-state index in [4.69, 9.17) is 10.5 Å². The van der Waals surface area contributed by atoms with Crippen molar-refractivity contribution in [1.82, 2.24) is 4.98 Å². The van der Waals surface area contributed by atoms with Crippen molar-refractivity contribution in [2.75, 3.05) is 5.73 Å². The third kappa shape index (κ3) is 1.77. The molecule has 0 bridgehead atoms. The van der Waals surface area contributed by atoms with Crippen molar-refractivity contribution in [2.24, 2.45) is 0 Å². The fourth-order valence-corrected chi connectivity index (χ4v) is 1.42. The number of anilines is 1. The summed E-state index contributed by atoms with van der Waals surface area (Å²) in [5.41, 5.74) is 7.37. The first kappa shape index (κ1) is 8.81. The Morgan fingerprint density at radius 1 is 1.62 bits per heavy atom. The van der Waals surface area contributed by atoms with E-state index in [0.717, 1.165) is 22.9 Å². The second-order valence-electron chi connectivity index (χ2n) is 3.27. The van der Waals surface area contributed by atoms with Crippen LogP contribution >= 0.6 is 15.9 Å². The predicted octanol–water partition coefficient (Wildman–Crippen LogP) is 2.28. The van der Waals surface area contributed by atoms with Gasteiger partial charge in [-0.1, -0.05) is 0 Å². The first-order valence-corrected chi connectivity index (χ1v) is 5.05. The van der Waals surface area contributed by atoms with Gasteiger partial charge in [0.15, 0.2) is 0 Å². The van der Waals surface area contributed by atoms with Crippen LogP contribution in [0.5, 0.6) is 5.88 Å². The topological polar surface area (TPSA) is 48.1 Å². The molecule has 0 aliphatic heterocycles. The number of ether oxygens (including phenoxy) is 1. The Labute approximate surface area is 85.4 Å². The van der Waals surface area contributed by atoms with Gasteiger partial charge in [0.1, 0.15) is 6.10 Å². The Hall–Kier alpha value is -0.770. The maximum absolute atomic E-state index is 5.69. The van der Waals surface area contributed by atoms with E-state index in [1.165, 1.54) is 0 Å². The van der Waals surface area contributed by atoms with Crippen LogP contribution in [0.3, 0.4) is 0 Å². The molecule has 1 aromatic rings. The summed E-state index contributed by atoms with van der Waals surface area (Å²) in [5, 5.41) is 0. The van der Waals surface area contributed by atoms with E-state index in [1.54, 1.807) is 6.20 Å². The monoisotopic (exact) mass is 242 g/mol. The number of nitrogen functional groups attached to an aromatic ring is 1. The zero-order valence-electron chi connectivity index (χ0n) is 7.38. The van der Waals surface area contributed by atoms with Gasteiger partial charge in [-0.3, -0.25) is 0 Å². The number of rotatable bonds is 2. The Morgan fingerprint density at radius 2 is 2.31 bits per heavy atom. The molecule has 1 saturated carbocycles. The van der Waals surface area contributed by atoms with E-state index in [0.29, 0.717) is 17.7 Å². The minimum absolute atomic E-state index is 0.367. The lowest BCUT2D eigenvalue weighted by atomic mass is 10.2. The molecule has 0 radical (unpaired) electrons. The second-order valence-corrected chi connectivity index (χ2v) is 4.07. The molecule has 0 spiro atoms. The van der Waals surface area contributed by atoms with Crippen molar-refractivity contribution in [3.8, 4) is 5.88 Å². The summed E-state index contributed by atoms with van der Waals surface area (Å²) in [4.78, 5) is 4.12. The molecular formula is C9H11BrN2O. The zero-order valence-corrected chi connectivity index (χ0v) is 8.97. The third-order valence-corrected chi connectivity index (χ3v) is 3.01. The van der Waals surface area contributed by atoms with Gasteiger partial charge in [0, 0.05) is 0 Å². The fraction of sp³-hybridized carbons (Fsp3) is 0.444. The lowest BCUT2D eigenvalue weighted by molar-refractivity contribution is 0.289. The molecule has 2 rings (SSSR count). The van der Waals surface area contributed by atoms with E-state index in [1.807, 2.05) is 6.92 Å². The van der Waals surface area contributed by atoms with E-state index < -0.39 is 0 Å². The van der Waals surface area contributed by atoms with Crippen molar-refractivity contribution in [3.05, 3.63) is 16.2 Å². The predicted molar refractivity (Wildman–Crippen MR) is 54.7 cm³/mol. The lowest BCUT2D eigenvalue weighted by Gasteiger charge is -2.08. The smallest absolute Gasteiger partial charge is 0.228 e. The van der Waals surface area contributed by atoms with Gasteiger partial charge in [0.25, 0.3) is 0 Å². The van der Waals surface area contributed by atoms with E-state index in [9.17, 15) is 0 Å². The molecule has 2 N–H and O–H groups in total. The molecule has 0 atom stereocenters. The van der Waals surface area contributed by atoms with Crippen LogP contribution < -0.4 is 10.5 Å². The van der Waals surface area contributed by atoms with Crippen molar-refractivity contribution in [3.63, 3.8) is 0 Å². The van der Waals surface area contributed by atoms with E-state index in [2.05, 4.69) is 20.9 Å². The molecule has 70 valence electrons. The summed E-state index contributed by atoms with van der Waals surface area (Å²) in [7, 11) is 0. The Balaban J connectivity index is 2.29. The molecule has 4 heteroatoms. The number of pyridine rings is 1. The normalized spacial score (nSPS) is 15.8.